The van der Waals surface area contributed by atoms with E-state index >= 15 is 0 Å². The molecule has 1 aliphatic heterocycles. The molecule has 8 nitrogen and oxygen atoms in total. The van der Waals surface area contributed by atoms with Gasteiger partial charge in [0, 0.05) is 51.6 Å². The molecule has 0 unspecified atom stereocenters. The first-order valence-corrected chi connectivity index (χ1v) is 8.29. The molecule has 0 atom stereocenters. The molecule has 0 spiro atoms. The van der Waals surface area contributed by atoms with Crippen LogP contribution in [0.4, 0.5) is 10.5 Å². The van der Waals surface area contributed by atoms with Gasteiger partial charge in [-0.2, -0.15) is 0 Å². The Labute approximate surface area is 145 Å². The summed E-state index contributed by atoms with van der Waals surface area (Å²) in [7, 11) is 0. The van der Waals surface area contributed by atoms with Gasteiger partial charge in [0.15, 0.2) is 0 Å². The lowest BCUT2D eigenvalue weighted by Crippen LogP contribution is -2.51. The van der Waals surface area contributed by atoms with E-state index < -0.39 is 0 Å². The fraction of sp³-hybridized carbons (Fsp3) is 0.412. The normalized spacial score (nSPS) is 14.4. The smallest absolute Gasteiger partial charge is 0.321 e. The first kappa shape index (κ1) is 16.9. The summed E-state index contributed by atoms with van der Waals surface area (Å²) >= 11 is 0. The molecule has 1 aliphatic rings. The Morgan fingerprint density at radius 1 is 1.08 bits per heavy atom. The molecule has 0 radical (unpaired) electrons. The van der Waals surface area contributed by atoms with Crippen LogP contribution in [0.15, 0.2) is 34.7 Å². The van der Waals surface area contributed by atoms with Crippen LogP contribution in [-0.4, -0.2) is 58.1 Å². The lowest BCUT2D eigenvalue weighted by molar-refractivity contribution is -0.132. The third kappa shape index (κ3) is 4.56. The number of para-hydroxylation sites is 1. The number of carbonyl (C=O) groups excluding carboxylic acids is 2. The number of carbonyl (C=O) groups is 2. The number of aromatic nitrogens is 2. The number of anilines is 1. The van der Waals surface area contributed by atoms with Crippen molar-refractivity contribution in [2.45, 2.75) is 19.8 Å². The van der Waals surface area contributed by atoms with E-state index in [4.69, 9.17) is 4.42 Å². The van der Waals surface area contributed by atoms with E-state index in [-0.39, 0.29) is 11.9 Å². The topological polar surface area (TPSA) is 91.6 Å². The highest BCUT2D eigenvalue weighted by Gasteiger charge is 2.24. The Hall–Kier alpha value is -2.90. The molecule has 3 rings (SSSR count). The maximum Gasteiger partial charge on any atom is 0.321 e. The number of piperazine rings is 1. The van der Waals surface area contributed by atoms with E-state index in [1.807, 2.05) is 30.3 Å². The maximum absolute atomic E-state index is 12.3. The largest absolute Gasteiger partial charge is 0.426 e. The second-order valence-corrected chi connectivity index (χ2v) is 5.88. The fourth-order valence-corrected chi connectivity index (χ4v) is 2.69. The van der Waals surface area contributed by atoms with E-state index in [9.17, 15) is 9.59 Å². The second kappa shape index (κ2) is 7.78. The Morgan fingerprint density at radius 3 is 2.40 bits per heavy atom. The Bertz CT molecular complexity index is 723. The number of amides is 3. The highest BCUT2D eigenvalue weighted by Crippen LogP contribution is 2.10. The summed E-state index contributed by atoms with van der Waals surface area (Å²) in [5.41, 5.74) is 0.765. The second-order valence-electron chi connectivity index (χ2n) is 5.88. The first-order valence-electron chi connectivity index (χ1n) is 8.29. The van der Waals surface area contributed by atoms with Crippen LogP contribution in [0.2, 0.25) is 0 Å². The van der Waals surface area contributed by atoms with Gasteiger partial charge in [-0.05, 0) is 12.1 Å². The van der Waals surface area contributed by atoms with Crippen LogP contribution in [-0.2, 0) is 11.2 Å². The van der Waals surface area contributed by atoms with Crippen molar-refractivity contribution in [3.8, 4) is 0 Å². The predicted molar refractivity (Wildman–Crippen MR) is 91.0 cm³/mol. The van der Waals surface area contributed by atoms with Crippen molar-refractivity contribution >= 4 is 17.6 Å². The van der Waals surface area contributed by atoms with E-state index in [0.29, 0.717) is 50.8 Å². The third-order valence-corrected chi connectivity index (χ3v) is 4.07. The Morgan fingerprint density at radius 2 is 1.76 bits per heavy atom. The number of aryl methyl sites for hydroxylation is 2. The van der Waals surface area contributed by atoms with Crippen molar-refractivity contribution < 1.29 is 14.0 Å². The van der Waals surface area contributed by atoms with Crippen molar-refractivity contribution in [2.75, 3.05) is 31.5 Å². The first-order chi connectivity index (χ1) is 12.1. The molecule has 1 N–H and O–H groups in total. The van der Waals surface area contributed by atoms with Gasteiger partial charge in [-0.15, -0.1) is 10.2 Å². The van der Waals surface area contributed by atoms with Crippen LogP contribution in [0.5, 0.6) is 0 Å². The number of benzene rings is 1. The molecule has 132 valence electrons. The number of nitrogens with zero attached hydrogens (tertiary/aromatic N) is 4. The molecule has 3 amide bonds. The molecule has 1 fully saturated rings. The van der Waals surface area contributed by atoms with E-state index in [2.05, 4.69) is 15.5 Å². The SMILES string of the molecule is Cc1nnc(CCC(=O)N2CCN(C(=O)Nc3ccccc3)CC2)o1. The van der Waals surface area contributed by atoms with Gasteiger partial charge < -0.3 is 19.5 Å². The minimum atomic E-state index is -0.139. The fourth-order valence-electron chi connectivity index (χ4n) is 2.69. The number of hydrogen-bond acceptors (Lipinski definition) is 5. The summed E-state index contributed by atoms with van der Waals surface area (Å²) in [6, 6.07) is 9.19. The van der Waals surface area contributed by atoms with Gasteiger partial charge in [-0.3, -0.25) is 4.79 Å². The number of nitrogens with one attached hydrogen (secondary N) is 1. The summed E-state index contributed by atoms with van der Waals surface area (Å²) in [6.45, 7) is 3.82. The van der Waals surface area contributed by atoms with E-state index in [1.165, 1.54) is 0 Å². The molecular formula is C17H21N5O3. The third-order valence-electron chi connectivity index (χ3n) is 4.07. The van der Waals surface area contributed by atoms with Crippen LogP contribution in [0.1, 0.15) is 18.2 Å². The van der Waals surface area contributed by atoms with Crippen molar-refractivity contribution in [3.05, 3.63) is 42.1 Å². The van der Waals surface area contributed by atoms with Crippen molar-refractivity contribution in [3.63, 3.8) is 0 Å². The van der Waals surface area contributed by atoms with Gasteiger partial charge in [0.1, 0.15) is 0 Å². The molecule has 2 heterocycles. The van der Waals surface area contributed by atoms with Crippen LogP contribution in [0, 0.1) is 6.92 Å². The van der Waals surface area contributed by atoms with Gasteiger partial charge in [0.25, 0.3) is 0 Å². The van der Waals surface area contributed by atoms with Crippen LogP contribution in [0.25, 0.3) is 0 Å². The lowest BCUT2D eigenvalue weighted by atomic mass is 10.2. The zero-order valence-electron chi connectivity index (χ0n) is 14.1. The molecule has 8 heteroatoms. The van der Waals surface area contributed by atoms with E-state index in [1.54, 1.807) is 16.7 Å². The summed E-state index contributed by atoms with van der Waals surface area (Å²) in [5, 5.41) is 10.5. The Kier molecular flexibility index (Phi) is 5.27. The quantitative estimate of drug-likeness (QED) is 0.912. The standard InChI is InChI=1S/C17H21N5O3/c1-13-19-20-15(25-13)7-8-16(23)21-9-11-22(12-10-21)17(24)18-14-5-3-2-4-6-14/h2-6H,7-12H2,1H3,(H,18,24). The highest BCUT2D eigenvalue weighted by atomic mass is 16.4. The Balaban J connectivity index is 1.43. The number of hydrogen-bond donors (Lipinski definition) is 1. The molecular weight excluding hydrogens is 322 g/mol. The highest BCUT2D eigenvalue weighted by molar-refractivity contribution is 5.89. The summed E-state index contributed by atoms with van der Waals surface area (Å²) in [5.74, 6) is 1.02. The number of urea groups is 1. The summed E-state index contributed by atoms with van der Waals surface area (Å²) < 4.78 is 5.27. The van der Waals surface area contributed by atoms with Crippen molar-refractivity contribution in [1.29, 1.82) is 0 Å². The molecule has 0 aliphatic carbocycles. The molecule has 0 saturated carbocycles. The number of rotatable bonds is 4. The molecule has 1 aromatic heterocycles. The lowest BCUT2D eigenvalue weighted by Gasteiger charge is -2.34. The van der Waals surface area contributed by atoms with Gasteiger partial charge in [0.05, 0.1) is 0 Å². The molecule has 0 bridgehead atoms. The van der Waals surface area contributed by atoms with Gasteiger partial charge >= 0.3 is 6.03 Å². The molecule has 1 saturated heterocycles. The molecule has 2 aromatic rings. The van der Waals surface area contributed by atoms with Crippen LogP contribution in [0.3, 0.4) is 0 Å². The van der Waals surface area contributed by atoms with Gasteiger partial charge in [-0.25, -0.2) is 4.79 Å². The summed E-state index contributed by atoms with van der Waals surface area (Å²) in [4.78, 5) is 28.0. The zero-order valence-corrected chi connectivity index (χ0v) is 14.1. The van der Waals surface area contributed by atoms with E-state index in [0.717, 1.165) is 5.69 Å². The monoisotopic (exact) mass is 343 g/mol. The van der Waals surface area contributed by atoms with Crippen LogP contribution < -0.4 is 5.32 Å². The average Bonchev–Trinajstić information content (AvgIpc) is 3.06. The van der Waals surface area contributed by atoms with Crippen LogP contribution >= 0.6 is 0 Å². The molecule has 1 aromatic carbocycles. The molecule has 25 heavy (non-hydrogen) atoms. The maximum atomic E-state index is 12.3. The average molecular weight is 343 g/mol. The van der Waals surface area contributed by atoms with Gasteiger partial charge in [0.2, 0.25) is 17.7 Å². The zero-order chi connectivity index (χ0) is 17.6. The van der Waals surface area contributed by atoms with Crippen molar-refractivity contribution in [1.82, 2.24) is 20.0 Å². The predicted octanol–water partition coefficient (Wildman–Crippen LogP) is 1.69. The van der Waals surface area contributed by atoms with Gasteiger partial charge in [-0.1, -0.05) is 18.2 Å². The summed E-state index contributed by atoms with van der Waals surface area (Å²) in [6.07, 6.45) is 0.770. The minimum Gasteiger partial charge on any atom is -0.426 e. The minimum absolute atomic E-state index is 0.0407. The van der Waals surface area contributed by atoms with Crippen molar-refractivity contribution in [2.24, 2.45) is 0 Å².